The van der Waals surface area contributed by atoms with Crippen LogP contribution in [0.15, 0.2) is 24.3 Å². The minimum Gasteiger partial charge on any atom is -0.483 e. The number of aliphatic hydroxyl groups excluding tert-OH is 1. The minimum absolute atomic E-state index is 0.0398. The van der Waals surface area contributed by atoms with Gasteiger partial charge in [0, 0.05) is 11.6 Å². The SMILES string of the molecule is CC(C)NC(=O)COc1ccccc1[C@H](C)O. The number of para-hydroxylation sites is 1. The third-order valence-corrected chi connectivity index (χ3v) is 2.18. The van der Waals surface area contributed by atoms with Gasteiger partial charge in [0.1, 0.15) is 5.75 Å². The smallest absolute Gasteiger partial charge is 0.258 e. The molecule has 0 aliphatic rings. The van der Waals surface area contributed by atoms with Gasteiger partial charge >= 0.3 is 0 Å². The molecule has 0 saturated carbocycles. The lowest BCUT2D eigenvalue weighted by molar-refractivity contribution is -0.123. The quantitative estimate of drug-likeness (QED) is 0.818. The van der Waals surface area contributed by atoms with Crippen LogP contribution in [0.1, 0.15) is 32.4 Å². The minimum atomic E-state index is -0.612. The van der Waals surface area contributed by atoms with Crippen molar-refractivity contribution in [1.29, 1.82) is 0 Å². The van der Waals surface area contributed by atoms with Crippen LogP contribution in [-0.2, 0) is 4.79 Å². The van der Waals surface area contributed by atoms with Crippen LogP contribution >= 0.6 is 0 Å². The summed E-state index contributed by atoms with van der Waals surface area (Å²) in [4.78, 5) is 11.4. The Morgan fingerprint density at radius 2 is 2.00 bits per heavy atom. The fourth-order valence-corrected chi connectivity index (χ4v) is 1.46. The summed E-state index contributed by atoms with van der Waals surface area (Å²) < 4.78 is 5.39. The number of carbonyl (C=O) groups is 1. The summed E-state index contributed by atoms with van der Waals surface area (Å²) >= 11 is 0. The monoisotopic (exact) mass is 237 g/mol. The van der Waals surface area contributed by atoms with E-state index in [1.807, 2.05) is 26.0 Å². The predicted molar refractivity (Wildman–Crippen MR) is 65.8 cm³/mol. The second kappa shape index (κ2) is 6.25. The van der Waals surface area contributed by atoms with Gasteiger partial charge < -0.3 is 15.2 Å². The highest BCUT2D eigenvalue weighted by molar-refractivity contribution is 5.77. The molecule has 1 amide bonds. The van der Waals surface area contributed by atoms with Crippen LogP contribution in [-0.4, -0.2) is 23.7 Å². The van der Waals surface area contributed by atoms with Gasteiger partial charge in [0.05, 0.1) is 6.10 Å². The summed E-state index contributed by atoms with van der Waals surface area (Å²) in [6.07, 6.45) is -0.612. The molecule has 0 aromatic heterocycles. The van der Waals surface area contributed by atoms with Gasteiger partial charge in [-0.25, -0.2) is 0 Å². The maximum atomic E-state index is 11.4. The predicted octanol–water partition coefficient (Wildman–Crippen LogP) is 1.64. The molecule has 1 aromatic rings. The first-order valence-corrected chi connectivity index (χ1v) is 5.70. The maximum Gasteiger partial charge on any atom is 0.258 e. The van der Waals surface area contributed by atoms with Crippen molar-refractivity contribution in [3.8, 4) is 5.75 Å². The normalized spacial score (nSPS) is 12.3. The first-order chi connectivity index (χ1) is 8.00. The molecule has 0 aliphatic carbocycles. The summed E-state index contributed by atoms with van der Waals surface area (Å²) in [5, 5.41) is 12.3. The molecule has 0 radical (unpaired) electrons. The topological polar surface area (TPSA) is 58.6 Å². The van der Waals surface area contributed by atoms with Crippen molar-refractivity contribution < 1.29 is 14.6 Å². The van der Waals surface area contributed by atoms with Crippen molar-refractivity contribution in [3.63, 3.8) is 0 Å². The van der Waals surface area contributed by atoms with E-state index in [-0.39, 0.29) is 18.6 Å². The van der Waals surface area contributed by atoms with Gasteiger partial charge in [-0.1, -0.05) is 18.2 Å². The molecule has 0 fully saturated rings. The van der Waals surface area contributed by atoms with Crippen molar-refractivity contribution in [1.82, 2.24) is 5.32 Å². The summed E-state index contributed by atoms with van der Waals surface area (Å²) in [7, 11) is 0. The van der Waals surface area contributed by atoms with Gasteiger partial charge in [0.2, 0.25) is 0 Å². The van der Waals surface area contributed by atoms with Crippen LogP contribution < -0.4 is 10.1 Å². The number of carbonyl (C=O) groups excluding carboxylic acids is 1. The third-order valence-electron chi connectivity index (χ3n) is 2.18. The van der Waals surface area contributed by atoms with Gasteiger partial charge in [0.15, 0.2) is 6.61 Å². The number of nitrogens with one attached hydrogen (secondary N) is 1. The lowest BCUT2D eigenvalue weighted by Gasteiger charge is -2.14. The molecule has 0 spiro atoms. The molecular weight excluding hydrogens is 218 g/mol. The maximum absolute atomic E-state index is 11.4. The van der Waals surface area contributed by atoms with Crippen LogP contribution in [0.5, 0.6) is 5.75 Å². The third kappa shape index (κ3) is 4.44. The Kier molecular flexibility index (Phi) is 4.97. The van der Waals surface area contributed by atoms with Gasteiger partial charge in [-0.2, -0.15) is 0 Å². The highest BCUT2D eigenvalue weighted by Gasteiger charge is 2.10. The van der Waals surface area contributed by atoms with E-state index in [4.69, 9.17) is 4.74 Å². The van der Waals surface area contributed by atoms with Crippen molar-refractivity contribution in [2.24, 2.45) is 0 Å². The van der Waals surface area contributed by atoms with Crippen LogP contribution in [0, 0.1) is 0 Å². The fraction of sp³-hybridized carbons (Fsp3) is 0.462. The molecular formula is C13H19NO3. The molecule has 0 bridgehead atoms. The van der Waals surface area contributed by atoms with Crippen molar-refractivity contribution in [2.45, 2.75) is 32.9 Å². The number of amides is 1. The molecule has 0 unspecified atom stereocenters. The largest absolute Gasteiger partial charge is 0.483 e. The van der Waals surface area contributed by atoms with Crippen LogP contribution in [0.2, 0.25) is 0 Å². The van der Waals surface area contributed by atoms with E-state index in [0.29, 0.717) is 11.3 Å². The number of hydrogen-bond acceptors (Lipinski definition) is 3. The average Bonchev–Trinajstić information content (AvgIpc) is 2.25. The highest BCUT2D eigenvalue weighted by Crippen LogP contribution is 2.24. The molecule has 4 heteroatoms. The molecule has 1 rings (SSSR count). The Balaban J connectivity index is 2.60. The number of ether oxygens (including phenoxy) is 1. The number of aliphatic hydroxyl groups is 1. The molecule has 0 heterocycles. The lowest BCUT2D eigenvalue weighted by atomic mass is 10.1. The zero-order valence-corrected chi connectivity index (χ0v) is 10.4. The van der Waals surface area contributed by atoms with Gasteiger partial charge in [-0.05, 0) is 26.8 Å². The van der Waals surface area contributed by atoms with Crippen LogP contribution in [0.3, 0.4) is 0 Å². The van der Waals surface area contributed by atoms with E-state index in [2.05, 4.69) is 5.32 Å². The molecule has 0 aliphatic heterocycles. The van der Waals surface area contributed by atoms with E-state index in [1.165, 1.54) is 0 Å². The Morgan fingerprint density at radius 3 is 2.59 bits per heavy atom. The number of hydrogen-bond donors (Lipinski definition) is 2. The van der Waals surface area contributed by atoms with Crippen molar-refractivity contribution in [2.75, 3.05) is 6.61 Å². The van der Waals surface area contributed by atoms with Crippen molar-refractivity contribution >= 4 is 5.91 Å². The Hall–Kier alpha value is -1.55. The van der Waals surface area contributed by atoms with Crippen LogP contribution in [0.25, 0.3) is 0 Å². The molecule has 94 valence electrons. The lowest BCUT2D eigenvalue weighted by Crippen LogP contribution is -2.34. The number of rotatable bonds is 5. The second-order valence-corrected chi connectivity index (χ2v) is 4.22. The molecule has 0 saturated heterocycles. The number of benzene rings is 1. The molecule has 4 nitrogen and oxygen atoms in total. The highest BCUT2D eigenvalue weighted by atomic mass is 16.5. The molecule has 1 aromatic carbocycles. The fourth-order valence-electron chi connectivity index (χ4n) is 1.46. The van der Waals surface area contributed by atoms with Gasteiger partial charge in [-0.3, -0.25) is 4.79 Å². The average molecular weight is 237 g/mol. The zero-order valence-electron chi connectivity index (χ0n) is 10.4. The summed E-state index contributed by atoms with van der Waals surface area (Å²) in [5.74, 6) is 0.377. The Labute approximate surface area is 102 Å². The van der Waals surface area contributed by atoms with Gasteiger partial charge in [-0.15, -0.1) is 0 Å². The van der Waals surface area contributed by atoms with Crippen LogP contribution in [0.4, 0.5) is 0 Å². The summed E-state index contributed by atoms with van der Waals surface area (Å²) in [6.45, 7) is 5.40. The second-order valence-electron chi connectivity index (χ2n) is 4.22. The first-order valence-electron chi connectivity index (χ1n) is 5.70. The Morgan fingerprint density at radius 1 is 1.35 bits per heavy atom. The van der Waals surface area contributed by atoms with E-state index in [0.717, 1.165) is 0 Å². The zero-order chi connectivity index (χ0) is 12.8. The van der Waals surface area contributed by atoms with E-state index in [9.17, 15) is 9.90 Å². The van der Waals surface area contributed by atoms with E-state index >= 15 is 0 Å². The van der Waals surface area contributed by atoms with E-state index in [1.54, 1.807) is 19.1 Å². The van der Waals surface area contributed by atoms with Crippen molar-refractivity contribution in [3.05, 3.63) is 29.8 Å². The summed E-state index contributed by atoms with van der Waals surface area (Å²) in [5.41, 5.74) is 0.685. The molecule has 1 atom stereocenters. The first kappa shape index (κ1) is 13.5. The summed E-state index contributed by atoms with van der Waals surface area (Å²) in [6, 6.07) is 7.24. The van der Waals surface area contributed by atoms with E-state index < -0.39 is 6.10 Å². The van der Waals surface area contributed by atoms with Gasteiger partial charge in [0.25, 0.3) is 5.91 Å². The molecule has 2 N–H and O–H groups in total. The Bertz CT molecular complexity index is 375. The standard InChI is InChI=1S/C13H19NO3/c1-9(2)14-13(16)8-17-12-7-5-4-6-11(12)10(3)15/h4-7,9-10,15H,8H2,1-3H3,(H,14,16)/t10-/m0/s1. The molecule has 17 heavy (non-hydrogen) atoms.